The third-order valence-electron chi connectivity index (χ3n) is 2.81. The average molecular weight is 206 g/mol. The van der Waals surface area contributed by atoms with Gasteiger partial charge in [0.25, 0.3) is 0 Å². The van der Waals surface area contributed by atoms with Crippen LogP contribution in [-0.4, -0.2) is 17.3 Å². The van der Waals surface area contributed by atoms with Crippen LogP contribution in [0.2, 0.25) is 0 Å². The molecule has 2 nitrogen and oxygen atoms in total. The highest BCUT2D eigenvalue weighted by molar-refractivity contribution is 5.27. The van der Waals surface area contributed by atoms with Gasteiger partial charge in [-0.25, -0.2) is 0 Å². The Morgan fingerprint density at radius 2 is 2.00 bits per heavy atom. The van der Waals surface area contributed by atoms with Gasteiger partial charge in [-0.15, -0.1) is 0 Å². The molecule has 1 aromatic rings. The first-order chi connectivity index (χ1) is 7.24. The summed E-state index contributed by atoms with van der Waals surface area (Å²) in [5, 5.41) is 9.24. The zero-order valence-electron chi connectivity index (χ0n) is 9.15. The molecule has 1 atom stereocenters. The maximum Gasteiger partial charge on any atom is 0.119 e. The SMILES string of the molecule is CC(O)Cc1ccc(OC2CCC2)cc1. The molecule has 0 spiro atoms. The van der Waals surface area contributed by atoms with Crippen molar-refractivity contribution in [1.29, 1.82) is 0 Å². The van der Waals surface area contributed by atoms with Crippen molar-refractivity contribution in [2.24, 2.45) is 0 Å². The van der Waals surface area contributed by atoms with Crippen LogP contribution in [-0.2, 0) is 6.42 Å². The second-order valence-electron chi connectivity index (χ2n) is 4.37. The molecule has 1 aliphatic carbocycles. The Morgan fingerprint density at radius 3 is 2.47 bits per heavy atom. The third kappa shape index (κ3) is 2.96. The van der Waals surface area contributed by atoms with Gasteiger partial charge >= 0.3 is 0 Å². The normalized spacial score (nSPS) is 18.3. The lowest BCUT2D eigenvalue weighted by molar-refractivity contribution is 0.120. The zero-order valence-corrected chi connectivity index (χ0v) is 9.15. The number of rotatable bonds is 4. The maximum atomic E-state index is 9.24. The fourth-order valence-corrected chi connectivity index (χ4v) is 1.73. The van der Waals surface area contributed by atoms with Gasteiger partial charge in [-0.3, -0.25) is 0 Å². The van der Waals surface area contributed by atoms with Crippen LogP contribution < -0.4 is 4.74 Å². The highest BCUT2D eigenvalue weighted by Gasteiger charge is 2.18. The molecule has 82 valence electrons. The van der Waals surface area contributed by atoms with Crippen molar-refractivity contribution >= 4 is 0 Å². The summed E-state index contributed by atoms with van der Waals surface area (Å²) >= 11 is 0. The van der Waals surface area contributed by atoms with Gasteiger partial charge in [-0.1, -0.05) is 12.1 Å². The summed E-state index contributed by atoms with van der Waals surface area (Å²) in [5.74, 6) is 0.953. The number of benzene rings is 1. The van der Waals surface area contributed by atoms with Gasteiger partial charge in [0.15, 0.2) is 0 Å². The molecule has 0 radical (unpaired) electrons. The second kappa shape index (κ2) is 4.67. The Hall–Kier alpha value is -1.02. The molecule has 1 saturated carbocycles. The second-order valence-corrected chi connectivity index (χ2v) is 4.37. The molecular weight excluding hydrogens is 188 g/mol. The van der Waals surface area contributed by atoms with E-state index in [9.17, 15) is 5.11 Å². The van der Waals surface area contributed by atoms with E-state index in [4.69, 9.17) is 4.74 Å². The highest BCUT2D eigenvalue weighted by atomic mass is 16.5. The summed E-state index contributed by atoms with van der Waals surface area (Å²) in [6.07, 6.45) is 4.55. The number of aliphatic hydroxyl groups excluding tert-OH is 1. The van der Waals surface area contributed by atoms with E-state index in [1.807, 2.05) is 24.3 Å². The van der Waals surface area contributed by atoms with Crippen molar-refractivity contribution in [2.45, 2.75) is 44.8 Å². The molecule has 0 aliphatic heterocycles. The summed E-state index contributed by atoms with van der Waals surface area (Å²) in [5.41, 5.74) is 1.16. The monoisotopic (exact) mass is 206 g/mol. The molecule has 0 aromatic heterocycles. The molecular formula is C13H18O2. The summed E-state index contributed by atoms with van der Waals surface area (Å²) in [4.78, 5) is 0. The smallest absolute Gasteiger partial charge is 0.119 e. The largest absolute Gasteiger partial charge is 0.490 e. The Kier molecular flexibility index (Phi) is 3.27. The number of hydrogen-bond donors (Lipinski definition) is 1. The van der Waals surface area contributed by atoms with Crippen LogP contribution in [0.5, 0.6) is 5.75 Å². The van der Waals surface area contributed by atoms with Crippen molar-refractivity contribution in [3.8, 4) is 5.75 Å². The van der Waals surface area contributed by atoms with E-state index >= 15 is 0 Å². The minimum absolute atomic E-state index is 0.275. The van der Waals surface area contributed by atoms with Crippen LogP contribution in [0.4, 0.5) is 0 Å². The van der Waals surface area contributed by atoms with Gasteiger partial charge in [0.1, 0.15) is 5.75 Å². The van der Waals surface area contributed by atoms with E-state index in [2.05, 4.69) is 0 Å². The fraction of sp³-hybridized carbons (Fsp3) is 0.538. The highest BCUT2D eigenvalue weighted by Crippen LogP contribution is 2.25. The van der Waals surface area contributed by atoms with E-state index in [0.29, 0.717) is 12.5 Å². The molecule has 15 heavy (non-hydrogen) atoms. The van der Waals surface area contributed by atoms with Gasteiger partial charge in [0.2, 0.25) is 0 Å². The molecule has 1 fully saturated rings. The van der Waals surface area contributed by atoms with E-state index in [1.165, 1.54) is 19.3 Å². The van der Waals surface area contributed by atoms with Crippen molar-refractivity contribution < 1.29 is 9.84 Å². The first-order valence-electron chi connectivity index (χ1n) is 5.68. The van der Waals surface area contributed by atoms with Crippen LogP contribution in [0.25, 0.3) is 0 Å². The predicted molar refractivity (Wildman–Crippen MR) is 60.1 cm³/mol. The Balaban J connectivity index is 1.91. The van der Waals surface area contributed by atoms with Gasteiger partial charge < -0.3 is 9.84 Å². The number of aliphatic hydroxyl groups is 1. The molecule has 1 aliphatic rings. The van der Waals surface area contributed by atoms with Crippen LogP contribution in [0, 0.1) is 0 Å². The van der Waals surface area contributed by atoms with Crippen LogP contribution >= 0.6 is 0 Å². The van der Waals surface area contributed by atoms with Gasteiger partial charge in [0.05, 0.1) is 12.2 Å². The molecule has 2 rings (SSSR count). The minimum atomic E-state index is -0.275. The molecule has 0 bridgehead atoms. The van der Waals surface area contributed by atoms with Crippen molar-refractivity contribution in [3.05, 3.63) is 29.8 Å². The summed E-state index contributed by atoms with van der Waals surface area (Å²) in [7, 11) is 0. The maximum absolute atomic E-state index is 9.24. The molecule has 0 heterocycles. The van der Waals surface area contributed by atoms with Gasteiger partial charge in [-0.2, -0.15) is 0 Å². The van der Waals surface area contributed by atoms with Crippen LogP contribution in [0.15, 0.2) is 24.3 Å². The minimum Gasteiger partial charge on any atom is -0.490 e. The summed E-state index contributed by atoms with van der Waals surface area (Å²) < 4.78 is 5.75. The lowest BCUT2D eigenvalue weighted by Gasteiger charge is -2.26. The molecule has 0 saturated heterocycles. The first kappa shape index (κ1) is 10.5. The fourth-order valence-electron chi connectivity index (χ4n) is 1.73. The van der Waals surface area contributed by atoms with Crippen molar-refractivity contribution in [2.75, 3.05) is 0 Å². The Bertz CT molecular complexity index is 299. The lowest BCUT2D eigenvalue weighted by Crippen LogP contribution is -2.24. The molecule has 0 amide bonds. The van der Waals surface area contributed by atoms with Crippen molar-refractivity contribution in [3.63, 3.8) is 0 Å². The van der Waals surface area contributed by atoms with Crippen LogP contribution in [0.3, 0.4) is 0 Å². The van der Waals surface area contributed by atoms with E-state index in [0.717, 1.165) is 11.3 Å². The van der Waals surface area contributed by atoms with E-state index in [-0.39, 0.29) is 6.10 Å². The van der Waals surface area contributed by atoms with E-state index in [1.54, 1.807) is 6.92 Å². The molecule has 1 unspecified atom stereocenters. The van der Waals surface area contributed by atoms with E-state index < -0.39 is 0 Å². The van der Waals surface area contributed by atoms with Crippen LogP contribution in [0.1, 0.15) is 31.7 Å². The first-order valence-corrected chi connectivity index (χ1v) is 5.68. The molecule has 2 heteroatoms. The van der Waals surface area contributed by atoms with Gasteiger partial charge in [0, 0.05) is 0 Å². The Labute approximate surface area is 90.9 Å². The third-order valence-corrected chi connectivity index (χ3v) is 2.81. The topological polar surface area (TPSA) is 29.5 Å². The summed E-state index contributed by atoms with van der Waals surface area (Å²) in [6.45, 7) is 1.80. The lowest BCUT2D eigenvalue weighted by atomic mass is 9.96. The zero-order chi connectivity index (χ0) is 10.7. The standard InChI is InChI=1S/C13H18O2/c1-10(14)9-11-5-7-13(8-6-11)15-12-3-2-4-12/h5-8,10,12,14H,2-4,9H2,1H3. The number of ether oxygens (including phenoxy) is 1. The van der Waals surface area contributed by atoms with Gasteiger partial charge in [-0.05, 0) is 50.3 Å². The quantitative estimate of drug-likeness (QED) is 0.820. The predicted octanol–water partition coefficient (Wildman–Crippen LogP) is 2.54. The van der Waals surface area contributed by atoms with Crippen molar-refractivity contribution in [1.82, 2.24) is 0 Å². The number of hydrogen-bond acceptors (Lipinski definition) is 2. The summed E-state index contributed by atoms with van der Waals surface area (Å²) in [6, 6.07) is 8.05. The average Bonchev–Trinajstić information content (AvgIpc) is 2.13. The Morgan fingerprint density at radius 1 is 1.33 bits per heavy atom. The molecule has 1 aromatic carbocycles. The molecule has 1 N–H and O–H groups in total.